The number of hydrogen-bond acceptors (Lipinski definition) is 3. The molecule has 5 heteroatoms. The minimum Gasteiger partial charge on any atom is -0.481 e. The van der Waals surface area contributed by atoms with Gasteiger partial charge in [-0.25, -0.2) is 0 Å². The van der Waals surface area contributed by atoms with E-state index in [0.29, 0.717) is 12.6 Å². The van der Waals surface area contributed by atoms with E-state index in [-0.39, 0.29) is 24.4 Å². The van der Waals surface area contributed by atoms with Gasteiger partial charge in [-0.1, -0.05) is 12.8 Å². The van der Waals surface area contributed by atoms with Gasteiger partial charge < -0.3 is 10.4 Å². The fourth-order valence-corrected chi connectivity index (χ4v) is 2.67. The Hall–Kier alpha value is -1.10. The number of amides is 1. The Morgan fingerprint density at radius 1 is 1.26 bits per heavy atom. The summed E-state index contributed by atoms with van der Waals surface area (Å²) in [6, 6.07) is 0.187. The monoisotopic (exact) mass is 270 g/mol. The maximum Gasteiger partial charge on any atom is 0.304 e. The molecule has 0 radical (unpaired) electrons. The Bertz CT molecular complexity index is 312. The summed E-state index contributed by atoms with van der Waals surface area (Å²) >= 11 is 0. The van der Waals surface area contributed by atoms with Gasteiger partial charge in [-0.05, 0) is 33.6 Å². The molecule has 1 unspecified atom stereocenters. The lowest BCUT2D eigenvalue weighted by Crippen LogP contribution is -2.50. The highest BCUT2D eigenvalue weighted by molar-refractivity contribution is 5.81. The van der Waals surface area contributed by atoms with Crippen molar-refractivity contribution in [2.24, 2.45) is 0 Å². The molecule has 0 aromatic heterocycles. The average molecular weight is 270 g/mol. The fourth-order valence-electron chi connectivity index (χ4n) is 2.67. The molecule has 1 fully saturated rings. The molecule has 5 nitrogen and oxygen atoms in total. The van der Waals surface area contributed by atoms with Crippen molar-refractivity contribution in [3.8, 4) is 0 Å². The Labute approximate surface area is 115 Å². The molecule has 0 bridgehead atoms. The molecule has 0 aliphatic heterocycles. The van der Waals surface area contributed by atoms with Crippen LogP contribution >= 0.6 is 0 Å². The summed E-state index contributed by atoms with van der Waals surface area (Å²) in [4.78, 5) is 24.8. The number of carbonyl (C=O) groups is 2. The maximum atomic E-state index is 12.2. The van der Waals surface area contributed by atoms with Crippen molar-refractivity contribution in [2.75, 3.05) is 6.54 Å². The highest BCUT2D eigenvalue weighted by atomic mass is 16.4. The third kappa shape index (κ3) is 5.19. The number of aliphatic carboxylic acids is 1. The zero-order chi connectivity index (χ0) is 14.4. The van der Waals surface area contributed by atoms with Crippen LogP contribution in [0.15, 0.2) is 0 Å². The van der Waals surface area contributed by atoms with Crippen LogP contribution in [-0.4, -0.2) is 46.6 Å². The summed E-state index contributed by atoms with van der Waals surface area (Å²) in [5.41, 5.74) is 0. The van der Waals surface area contributed by atoms with Gasteiger partial charge in [-0.15, -0.1) is 0 Å². The lowest BCUT2D eigenvalue weighted by atomic mass is 10.1. The Kier molecular flexibility index (Phi) is 6.28. The SMILES string of the molecule is CC(C)N(CCC(=O)O)C(C)C(=O)NC1CCCC1. The van der Waals surface area contributed by atoms with Crippen LogP contribution in [0.25, 0.3) is 0 Å². The van der Waals surface area contributed by atoms with Crippen molar-refractivity contribution in [1.82, 2.24) is 10.2 Å². The van der Waals surface area contributed by atoms with Gasteiger partial charge >= 0.3 is 5.97 Å². The van der Waals surface area contributed by atoms with Crippen molar-refractivity contribution < 1.29 is 14.7 Å². The summed E-state index contributed by atoms with van der Waals surface area (Å²) in [5, 5.41) is 11.8. The zero-order valence-electron chi connectivity index (χ0n) is 12.2. The minimum atomic E-state index is -0.825. The lowest BCUT2D eigenvalue weighted by Gasteiger charge is -2.32. The van der Waals surface area contributed by atoms with Gasteiger partial charge in [0.05, 0.1) is 12.5 Å². The second-order valence-electron chi connectivity index (χ2n) is 5.64. The standard InChI is InChI=1S/C14H26N2O3/c1-10(2)16(9-8-13(17)18)11(3)14(19)15-12-6-4-5-7-12/h10-12H,4-9H2,1-3H3,(H,15,19)(H,17,18). The first kappa shape index (κ1) is 16.0. The summed E-state index contributed by atoms with van der Waals surface area (Å²) < 4.78 is 0. The van der Waals surface area contributed by atoms with Crippen molar-refractivity contribution >= 4 is 11.9 Å². The van der Waals surface area contributed by atoms with Crippen LogP contribution in [0.4, 0.5) is 0 Å². The topological polar surface area (TPSA) is 69.6 Å². The summed E-state index contributed by atoms with van der Waals surface area (Å²) in [6.07, 6.45) is 4.57. The predicted molar refractivity (Wildman–Crippen MR) is 74.0 cm³/mol. The number of carbonyl (C=O) groups excluding carboxylic acids is 1. The number of nitrogens with one attached hydrogen (secondary N) is 1. The smallest absolute Gasteiger partial charge is 0.304 e. The largest absolute Gasteiger partial charge is 0.481 e. The molecule has 0 aromatic rings. The van der Waals surface area contributed by atoms with E-state index in [9.17, 15) is 9.59 Å². The van der Waals surface area contributed by atoms with Gasteiger partial charge in [-0.3, -0.25) is 14.5 Å². The number of hydrogen-bond donors (Lipinski definition) is 2. The molecule has 1 atom stereocenters. The van der Waals surface area contributed by atoms with Gasteiger partial charge in [0.2, 0.25) is 5.91 Å². The first-order valence-electron chi connectivity index (χ1n) is 7.19. The summed E-state index contributed by atoms with van der Waals surface area (Å²) in [7, 11) is 0. The van der Waals surface area contributed by atoms with Crippen LogP contribution in [0.5, 0.6) is 0 Å². The predicted octanol–water partition coefficient (Wildman–Crippen LogP) is 1.62. The molecule has 1 rings (SSSR count). The van der Waals surface area contributed by atoms with E-state index in [1.165, 1.54) is 12.8 Å². The Balaban J connectivity index is 2.51. The second kappa shape index (κ2) is 7.48. The van der Waals surface area contributed by atoms with E-state index in [2.05, 4.69) is 5.32 Å². The first-order valence-corrected chi connectivity index (χ1v) is 7.19. The van der Waals surface area contributed by atoms with Crippen molar-refractivity contribution in [2.45, 2.75) is 71.0 Å². The van der Waals surface area contributed by atoms with Gasteiger partial charge in [0.15, 0.2) is 0 Å². The lowest BCUT2D eigenvalue weighted by molar-refractivity contribution is -0.138. The zero-order valence-corrected chi connectivity index (χ0v) is 12.2. The van der Waals surface area contributed by atoms with Gasteiger partial charge in [0.1, 0.15) is 0 Å². The van der Waals surface area contributed by atoms with Gasteiger partial charge in [0.25, 0.3) is 0 Å². The fraction of sp³-hybridized carbons (Fsp3) is 0.857. The molecule has 2 N–H and O–H groups in total. The van der Waals surface area contributed by atoms with Crippen molar-refractivity contribution in [3.63, 3.8) is 0 Å². The highest BCUT2D eigenvalue weighted by Gasteiger charge is 2.26. The van der Waals surface area contributed by atoms with Crippen LogP contribution in [0.3, 0.4) is 0 Å². The third-order valence-corrected chi connectivity index (χ3v) is 3.83. The molecule has 1 aliphatic carbocycles. The van der Waals surface area contributed by atoms with E-state index < -0.39 is 5.97 Å². The normalized spacial score (nSPS) is 17.9. The second-order valence-corrected chi connectivity index (χ2v) is 5.64. The third-order valence-electron chi connectivity index (χ3n) is 3.83. The van der Waals surface area contributed by atoms with E-state index >= 15 is 0 Å². The van der Waals surface area contributed by atoms with E-state index in [1.54, 1.807) is 0 Å². The van der Waals surface area contributed by atoms with Crippen molar-refractivity contribution in [1.29, 1.82) is 0 Å². The van der Waals surface area contributed by atoms with Crippen LogP contribution < -0.4 is 5.32 Å². The Morgan fingerprint density at radius 2 is 1.84 bits per heavy atom. The molecule has 19 heavy (non-hydrogen) atoms. The van der Waals surface area contributed by atoms with Crippen LogP contribution in [0.1, 0.15) is 52.9 Å². The molecule has 110 valence electrons. The molecule has 0 spiro atoms. The number of rotatable bonds is 7. The molecule has 0 heterocycles. The molecule has 1 saturated carbocycles. The van der Waals surface area contributed by atoms with Crippen LogP contribution in [0.2, 0.25) is 0 Å². The maximum absolute atomic E-state index is 12.2. The number of nitrogens with zero attached hydrogens (tertiary/aromatic N) is 1. The van der Waals surface area contributed by atoms with Crippen LogP contribution in [-0.2, 0) is 9.59 Å². The quantitative estimate of drug-likeness (QED) is 0.737. The van der Waals surface area contributed by atoms with Crippen LogP contribution in [0, 0.1) is 0 Å². The average Bonchev–Trinajstić information content (AvgIpc) is 2.80. The molecule has 1 aliphatic rings. The summed E-state index contributed by atoms with van der Waals surface area (Å²) in [6.45, 7) is 6.24. The molecule has 0 saturated heterocycles. The molecular formula is C14H26N2O3. The Morgan fingerprint density at radius 3 is 2.32 bits per heavy atom. The minimum absolute atomic E-state index is 0.0194. The van der Waals surface area contributed by atoms with E-state index in [4.69, 9.17) is 5.11 Å². The number of carboxylic acid groups (broad SMARTS) is 1. The van der Waals surface area contributed by atoms with E-state index in [0.717, 1.165) is 12.8 Å². The number of carboxylic acids is 1. The highest BCUT2D eigenvalue weighted by Crippen LogP contribution is 2.18. The van der Waals surface area contributed by atoms with Gasteiger partial charge in [-0.2, -0.15) is 0 Å². The van der Waals surface area contributed by atoms with Crippen molar-refractivity contribution in [3.05, 3.63) is 0 Å². The van der Waals surface area contributed by atoms with Gasteiger partial charge in [0, 0.05) is 18.6 Å². The summed E-state index contributed by atoms with van der Waals surface area (Å²) in [5.74, 6) is -0.806. The molecule has 0 aromatic carbocycles. The first-order chi connectivity index (χ1) is 8.91. The molecular weight excluding hydrogens is 244 g/mol. The molecule has 1 amide bonds. The van der Waals surface area contributed by atoms with E-state index in [1.807, 2.05) is 25.7 Å².